The van der Waals surface area contributed by atoms with Gasteiger partial charge in [-0.3, -0.25) is 0 Å². The summed E-state index contributed by atoms with van der Waals surface area (Å²) in [5, 5.41) is 0. The molecule has 0 unspecified atom stereocenters. The maximum Gasteiger partial charge on any atom is 0.240 e. The number of hydrogen-bond acceptors (Lipinski definition) is 4. The van der Waals surface area contributed by atoms with Crippen LogP contribution in [0.1, 0.15) is 18.1 Å². The van der Waals surface area contributed by atoms with Gasteiger partial charge in [0.15, 0.2) is 0 Å². The largest absolute Gasteiger partial charge is 0.240 e. The Morgan fingerprint density at radius 1 is 0.800 bits per heavy atom. The van der Waals surface area contributed by atoms with E-state index >= 15 is 0 Å². The Morgan fingerprint density at radius 2 is 1.44 bits per heavy atom. The topological polar surface area (TPSA) is 92.3 Å². The van der Waals surface area contributed by atoms with Gasteiger partial charge in [-0.2, -0.15) is 0 Å². The third-order valence-corrected chi connectivity index (χ3v) is 6.42. The lowest BCUT2D eigenvalue weighted by atomic mass is 10.2. The van der Waals surface area contributed by atoms with Crippen LogP contribution < -0.4 is 9.44 Å². The van der Waals surface area contributed by atoms with Gasteiger partial charge in [0.1, 0.15) is 0 Å². The molecule has 0 fully saturated rings. The van der Waals surface area contributed by atoms with Gasteiger partial charge in [-0.1, -0.05) is 49.4 Å². The van der Waals surface area contributed by atoms with Gasteiger partial charge < -0.3 is 0 Å². The second-order valence-corrected chi connectivity index (χ2v) is 9.11. The molecule has 2 rings (SSSR count). The molecule has 6 nitrogen and oxygen atoms in total. The lowest BCUT2D eigenvalue weighted by Gasteiger charge is -2.08. The van der Waals surface area contributed by atoms with Crippen LogP contribution in [0.2, 0.25) is 0 Å². The van der Waals surface area contributed by atoms with Crippen molar-refractivity contribution in [3.63, 3.8) is 0 Å². The Bertz CT molecular complexity index is 878. The zero-order valence-electron chi connectivity index (χ0n) is 14.0. The fourth-order valence-electron chi connectivity index (χ4n) is 2.30. The molecule has 0 aromatic heterocycles. The number of benzene rings is 2. The molecule has 2 aromatic carbocycles. The monoisotopic (exact) mass is 382 g/mol. The van der Waals surface area contributed by atoms with E-state index in [2.05, 4.69) is 9.44 Å². The van der Waals surface area contributed by atoms with E-state index in [1.165, 1.54) is 12.1 Å². The predicted molar refractivity (Wildman–Crippen MR) is 98.1 cm³/mol. The van der Waals surface area contributed by atoms with Gasteiger partial charge in [0.25, 0.3) is 0 Å². The van der Waals surface area contributed by atoms with Crippen LogP contribution in [0.3, 0.4) is 0 Å². The normalized spacial score (nSPS) is 12.2. The minimum absolute atomic E-state index is 0.0618. The van der Waals surface area contributed by atoms with Crippen LogP contribution in [0.5, 0.6) is 0 Å². The number of sulfonamides is 2. The molecular weight excluding hydrogens is 360 g/mol. The summed E-state index contributed by atoms with van der Waals surface area (Å²) in [6, 6.07) is 15.4. The van der Waals surface area contributed by atoms with E-state index < -0.39 is 20.0 Å². The highest BCUT2D eigenvalue weighted by atomic mass is 32.2. The quantitative estimate of drug-likeness (QED) is 0.690. The van der Waals surface area contributed by atoms with Crippen LogP contribution >= 0.6 is 0 Å². The molecule has 136 valence electrons. The molecule has 0 spiro atoms. The van der Waals surface area contributed by atoms with E-state index in [1.807, 2.05) is 6.07 Å². The third-order valence-electron chi connectivity index (χ3n) is 3.50. The van der Waals surface area contributed by atoms with Crippen LogP contribution in [0.25, 0.3) is 0 Å². The van der Waals surface area contributed by atoms with Gasteiger partial charge >= 0.3 is 0 Å². The summed E-state index contributed by atoms with van der Waals surface area (Å²) in [5.74, 6) is -0.0618. The van der Waals surface area contributed by atoms with Gasteiger partial charge in [0.2, 0.25) is 20.0 Å². The molecule has 0 atom stereocenters. The molecule has 0 bridgehead atoms. The Balaban J connectivity index is 1.89. The highest BCUT2D eigenvalue weighted by Crippen LogP contribution is 2.11. The molecule has 8 heteroatoms. The average Bonchev–Trinajstić information content (AvgIpc) is 2.55. The van der Waals surface area contributed by atoms with Crippen LogP contribution in [0, 0.1) is 0 Å². The zero-order chi connectivity index (χ0) is 18.3. The Morgan fingerprint density at radius 3 is 2.04 bits per heavy atom. The number of hydrogen-bond donors (Lipinski definition) is 2. The summed E-state index contributed by atoms with van der Waals surface area (Å²) >= 11 is 0. The molecular formula is C17H22N2O4S2. The molecule has 2 N–H and O–H groups in total. The van der Waals surface area contributed by atoms with Gasteiger partial charge in [0.05, 0.1) is 10.6 Å². The second-order valence-electron chi connectivity index (χ2n) is 5.53. The summed E-state index contributed by atoms with van der Waals surface area (Å²) in [5.41, 5.74) is 1.59. The van der Waals surface area contributed by atoms with Crippen LogP contribution in [0.4, 0.5) is 0 Å². The smallest absolute Gasteiger partial charge is 0.215 e. The van der Waals surface area contributed by atoms with E-state index in [-0.39, 0.29) is 17.2 Å². The summed E-state index contributed by atoms with van der Waals surface area (Å²) in [7, 11) is -6.87. The van der Waals surface area contributed by atoms with Crippen molar-refractivity contribution in [2.75, 3.05) is 13.1 Å². The summed E-state index contributed by atoms with van der Waals surface area (Å²) < 4.78 is 52.8. The highest BCUT2D eigenvalue weighted by molar-refractivity contribution is 7.89. The molecule has 0 amide bonds. The highest BCUT2D eigenvalue weighted by Gasteiger charge is 2.13. The van der Waals surface area contributed by atoms with Crippen molar-refractivity contribution < 1.29 is 16.8 Å². The molecule has 2 aromatic rings. The van der Waals surface area contributed by atoms with Gasteiger partial charge in [-0.25, -0.2) is 26.3 Å². The van der Waals surface area contributed by atoms with Gasteiger partial charge in [0, 0.05) is 13.1 Å². The van der Waals surface area contributed by atoms with Crippen molar-refractivity contribution in [2.24, 2.45) is 0 Å². The average molecular weight is 383 g/mol. The minimum atomic E-state index is -3.47. The molecule has 0 saturated carbocycles. The first-order chi connectivity index (χ1) is 11.8. The lowest BCUT2D eigenvalue weighted by Crippen LogP contribution is -2.27. The van der Waals surface area contributed by atoms with E-state index in [0.717, 1.165) is 11.1 Å². The van der Waals surface area contributed by atoms with Crippen molar-refractivity contribution in [3.8, 4) is 0 Å². The third kappa shape index (κ3) is 6.24. The molecule has 0 aliphatic heterocycles. The first kappa shape index (κ1) is 19.6. The van der Waals surface area contributed by atoms with Crippen molar-refractivity contribution in [3.05, 3.63) is 65.7 Å². The van der Waals surface area contributed by atoms with E-state index in [4.69, 9.17) is 0 Å². The molecule has 0 aliphatic rings. The van der Waals surface area contributed by atoms with E-state index in [0.29, 0.717) is 13.0 Å². The second kappa shape index (κ2) is 8.57. The van der Waals surface area contributed by atoms with Crippen LogP contribution in [0.15, 0.2) is 59.5 Å². The fourth-order valence-corrected chi connectivity index (χ4v) is 4.49. The fraction of sp³-hybridized carbons (Fsp3) is 0.294. The van der Waals surface area contributed by atoms with Gasteiger partial charge in [-0.05, 0) is 29.7 Å². The van der Waals surface area contributed by atoms with E-state index in [1.54, 1.807) is 43.3 Å². The van der Waals surface area contributed by atoms with Crippen molar-refractivity contribution in [2.45, 2.75) is 24.0 Å². The lowest BCUT2D eigenvalue weighted by molar-refractivity contribution is 0.580. The molecule has 0 radical (unpaired) electrons. The van der Waals surface area contributed by atoms with E-state index in [9.17, 15) is 16.8 Å². The Labute approximate surface area is 149 Å². The maximum absolute atomic E-state index is 12.0. The minimum Gasteiger partial charge on any atom is -0.215 e. The molecule has 0 heterocycles. The molecule has 0 aliphatic carbocycles. The predicted octanol–water partition coefficient (Wildman–Crippen LogP) is 1.65. The van der Waals surface area contributed by atoms with Crippen molar-refractivity contribution in [1.82, 2.24) is 9.44 Å². The standard InChI is InChI=1S/C17H22N2O4S2/c1-2-18-25(22,23)17-10-8-15(9-11-17)12-13-19-24(20,21)14-16-6-4-3-5-7-16/h3-11,18-19H,2,12-14H2,1H3. The van der Waals surface area contributed by atoms with Crippen molar-refractivity contribution in [1.29, 1.82) is 0 Å². The summed E-state index contributed by atoms with van der Waals surface area (Å²) in [6.07, 6.45) is 0.482. The van der Waals surface area contributed by atoms with Crippen molar-refractivity contribution >= 4 is 20.0 Å². The van der Waals surface area contributed by atoms with Gasteiger partial charge in [-0.15, -0.1) is 0 Å². The van der Waals surface area contributed by atoms with Crippen LogP contribution in [-0.4, -0.2) is 29.9 Å². The SMILES string of the molecule is CCNS(=O)(=O)c1ccc(CCNS(=O)(=O)Cc2ccccc2)cc1. The first-order valence-corrected chi connectivity index (χ1v) is 11.1. The first-order valence-electron chi connectivity index (χ1n) is 7.92. The Kier molecular flexibility index (Phi) is 6.71. The summed E-state index contributed by atoms with van der Waals surface area (Å²) in [6.45, 7) is 2.30. The number of nitrogens with one attached hydrogen (secondary N) is 2. The Hall–Kier alpha value is -1.74. The zero-order valence-corrected chi connectivity index (χ0v) is 15.6. The molecule has 25 heavy (non-hydrogen) atoms. The van der Waals surface area contributed by atoms with Crippen LogP contribution in [-0.2, 0) is 32.2 Å². The number of rotatable bonds is 9. The maximum atomic E-state index is 12.0. The summed E-state index contributed by atoms with van der Waals surface area (Å²) in [4.78, 5) is 0.197. The molecule has 0 saturated heterocycles.